The molecule has 10 heteroatoms. The van der Waals surface area contributed by atoms with Gasteiger partial charge in [0.15, 0.2) is 0 Å². The maximum atomic E-state index is 13.1. The highest BCUT2D eigenvalue weighted by Gasteiger charge is 2.64. The van der Waals surface area contributed by atoms with Crippen molar-refractivity contribution < 1.29 is 39.7 Å². The average molecular weight is 320 g/mol. The first kappa shape index (κ1) is 16.8. The summed E-state index contributed by atoms with van der Waals surface area (Å²) in [6, 6.07) is 7.01. The molecule has 1 aromatic rings. The number of hydrogen-bond donors (Lipinski definition) is 1. The van der Waals surface area contributed by atoms with Gasteiger partial charge in [-0.1, -0.05) is 30.3 Å². The molecule has 20 heavy (non-hydrogen) atoms. The standard InChI is InChI=1S/C10H9F5O4S/c11-9(12,13)8(10(14,15)20(16,17)18)19-6-7-4-2-1-3-5-7/h1-5,8H,6H2,(H,16,17,18). The predicted octanol–water partition coefficient (Wildman–Crippen LogP) is 2.61. The second-order valence-corrected chi connectivity index (χ2v) is 5.25. The Kier molecular flexibility index (Phi) is 4.72. The molecule has 0 bridgehead atoms. The van der Waals surface area contributed by atoms with Crippen molar-refractivity contribution in [3.63, 3.8) is 0 Å². The summed E-state index contributed by atoms with van der Waals surface area (Å²) in [7, 11) is -6.27. The topological polar surface area (TPSA) is 63.6 Å². The van der Waals surface area contributed by atoms with Crippen LogP contribution in [0.2, 0.25) is 0 Å². The molecule has 0 heterocycles. The van der Waals surface area contributed by atoms with E-state index < -0.39 is 34.3 Å². The average Bonchev–Trinajstić information content (AvgIpc) is 2.27. The fraction of sp³-hybridized carbons (Fsp3) is 0.400. The number of halogens is 5. The highest BCUT2D eigenvalue weighted by Crippen LogP contribution is 2.38. The van der Waals surface area contributed by atoms with Gasteiger partial charge in [-0.2, -0.15) is 30.4 Å². The van der Waals surface area contributed by atoms with E-state index in [0.717, 1.165) is 0 Å². The highest BCUT2D eigenvalue weighted by molar-refractivity contribution is 7.86. The van der Waals surface area contributed by atoms with Crippen LogP contribution in [0.3, 0.4) is 0 Å². The molecule has 0 saturated carbocycles. The van der Waals surface area contributed by atoms with Crippen molar-refractivity contribution in [2.24, 2.45) is 0 Å². The molecule has 1 aromatic carbocycles. The Morgan fingerprint density at radius 1 is 1.10 bits per heavy atom. The summed E-state index contributed by atoms with van der Waals surface area (Å²) >= 11 is 0. The molecule has 0 spiro atoms. The lowest BCUT2D eigenvalue weighted by Crippen LogP contribution is -2.51. The Bertz CT molecular complexity index is 541. The zero-order valence-electron chi connectivity index (χ0n) is 9.64. The quantitative estimate of drug-likeness (QED) is 0.669. The molecule has 1 rings (SSSR count). The van der Waals surface area contributed by atoms with Gasteiger partial charge in [-0.05, 0) is 5.56 Å². The summed E-state index contributed by atoms with van der Waals surface area (Å²) in [6.45, 7) is -0.893. The number of benzene rings is 1. The maximum Gasteiger partial charge on any atom is 0.421 e. The summed E-state index contributed by atoms with van der Waals surface area (Å²) in [6.07, 6.45) is -9.64. The SMILES string of the molecule is O=S(=O)(O)C(F)(F)C(OCc1ccccc1)C(F)(F)F. The minimum Gasteiger partial charge on any atom is -0.357 e. The molecular formula is C10H9F5O4S. The number of hydrogen-bond acceptors (Lipinski definition) is 3. The van der Waals surface area contributed by atoms with Crippen LogP contribution in [0.25, 0.3) is 0 Å². The molecule has 114 valence electrons. The number of alkyl halides is 5. The van der Waals surface area contributed by atoms with E-state index in [9.17, 15) is 30.4 Å². The third-order valence-corrected chi connectivity index (χ3v) is 3.11. The predicted molar refractivity (Wildman–Crippen MR) is 57.6 cm³/mol. The van der Waals surface area contributed by atoms with E-state index in [2.05, 4.69) is 4.74 Å². The van der Waals surface area contributed by atoms with Crippen molar-refractivity contribution in [2.75, 3.05) is 0 Å². The lowest BCUT2D eigenvalue weighted by molar-refractivity contribution is -0.267. The molecule has 0 saturated heterocycles. The van der Waals surface area contributed by atoms with Crippen LogP contribution in [0.1, 0.15) is 5.56 Å². The molecule has 0 aliphatic carbocycles. The minimum atomic E-state index is -6.27. The van der Waals surface area contributed by atoms with Gasteiger partial charge in [0, 0.05) is 0 Å². The monoisotopic (exact) mass is 320 g/mol. The zero-order valence-corrected chi connectivity index (χ0v) is 10.5. The molecule has 0 amide bonds. The van der Waals surface area contributed by atoms with Gasteiger partial charge >= 0.3 is 21.5 Å². The van der Waals surface area contributed by atoms with Crippen molar-refractivity contribution in [1.29, 1.82) is 0 Å². The van der Waals surface area contributed by atoms with Gasteiger partial charge in [-0.3, -0.25) is 4.55 Å². The van der Waals surface area contributed by atoms with Gasteiger partial charge in [0.25, 0.3) is 0 Å². The van der Waals surface area contributed by atoms with Crippen molar-refractivity contribution in [3.8, 4) is 0 Å². The van der Waals surface area contributed by atoms with E-state index in [0.29, 0.717) is 0 Å². The van der Waals surface area contributed by atoms with E-state index in [4.69, 9.17) is 4.55 Å². The first-order valence-corrected chi connectivity index (χ1v) is 6.47. The third-order valence-electron chi connectivity index (χ3n) is 2.21. The lowest BCUT2D eigenvalue weighted by atomic mass is 10.2. The van der Waals surface area contributed by atoms with Crippen LogP contribution in [-0.4, -0.2) is 30.5 Å². The van der Waals surface area contributed by atoms with E-state index in [-0.39, 0.29) is 5.56 Å². The van der Waals surface area contributed by atoms with Crippen molar-refractivity contribution in [1.82, 2.24) is 0 Å². The first-order valence-electron chi connectivity index (χ1n) is 5.03. The minimum absolute atomic E-state index is 0.132. The Morgan fingerprint density at radius 2 is 1.60 bits per heavy atom. The van der Waals surface area contributed by atoms with Gasteiger partial charge in [0.2, 0.25) is 6.10 Å². The van der Waals surface area contributed by atoms with Crippen molar-refractivity contribution in [3.05, 3.63) is 35.9 Å². The smallest absolute Gasteiger partial charge is 0.357 e. The highest BCUT2D eigenvalue weighted by atomic mass is 32.2. The van der Waals surface area contributed by atoms with E-state index in [1.54, 1.807) is 0 Å². The summed E-state index contributed by atoms with van der Waals surface area (Å²) < 4.78 is 96.6. The van der Waals surface area contributed by atoms with Crippen LogP contribution < -0.4 is 0 Å². The normalized spacial score (nSPS) is 15.1. The second kappa shape index (κ2) is 5.62. The molecule has 1 unspecified atom stereocenters. The summed E-state index contributed by atoms with van der Waals surface area (Å²) in [5.41, 5.74) is 0.132. The molecule has 0 aromatic heterocycles. The van der Waals surface area contributed by atoms with Crippen LogP contribution >= 0.6 is 0 Å². The molecule has 0 aliphatic heterocycles. The number of rotatable bonds is 5. The van der Waals surface area contributed by atoms with Crippen LogP contribution in [0.4, 0.5) is 22.0 Å². The van der Waals surface area contributed by atoms with Crippen LogP contribution in [-0.2, 0) is 21.5 Å². The second-order valence-electron chi connectivity index (χ2n) is 3.76. The molecular weight excluding hydrogens is 311 g/mol. The van der Waals surface area contributed by atoms with Crippen LogP contribution in [0.5, 0.6) is 0 Å². The van der Waals surface area contributed by atoms with Crippen LogP contribution in [0.15, 0.2) is 30.3 Å². The molecule has 0 radical (unpaired) electrons. The van der Waals surface area contributed by atoms with Gasteiger partial charge in [-0.15, -0.1) is 0 Å². The van der Waals surface area contributed by atoms with Gasteiger partial charge in [0.05, 0.1) is 6.61 Å². The molecule has 0 aliphatic rings. The molecule has 4 nitrogen and oxygen atoms in total. The first-order chi connectivity index (χ1) is 8.96. The third kappa shape index (κ3) is 3.87. The molecule has 1 N–H and O–H groups in total. The van der Waals surface area contributed by atoms with Gasteiger partial charge in [-0.25, -0.2) is 0 Å². The van der Waals surface area contributed by atoms with Gasteiger partial charge < -0.3 is 4.74 Å². The lowest BCUT2D eigenvalue weighted by Gasteiger charge is -2.26. The fourth-order valence-electron chi connectivity index (χ4n) is 1.27. The summed E-state index contributed by atoms with van der Waals surface area (Å²) in [5.74, 6) is 0. The van der Waals surface area contributed by atoms with E-state index >= 15 is 0 Å². The zero-order chi connectivity index (χ0) is 15.6. The maximum absolute atomic E-state index is 13.1. The Labute approximate surface area is 110 Å². The summed E-state index contributed by atoms with van der Waals surface area (Å²) in [5, 5.41) is -5.50. The Morgan fingerprint density at radius 3 is 2.00 bits per heavy atom. The van der Waals surface area contributed by atoms with Gasteiger partial charge in [0.1, 0.15) is 0 Å². The fourth-order valence-corrected chi connectivity index (χ4v) is 1.74. The van der Waals surface area contributed by atoms with E-state index in [1.165, 1.54) is 30.3 Å². The number of ether oxygens (including phenoxy) is 1. The summed E-state index contributed by atoms with van der Waals surface area (Å²) in [4.78, 5) is 0. The largest absolute Gasteiger partial charge is 0.421 e. The Balaban J connectivity index is 2.98. The van der Waals surface area contributed by atoms with Crippen LogP contribution in [0, 0.1) is 0 Å². The van der Waals surface area contributed by atoms with Crippen molar-refractivity contribution >= 4 is 10.1 Å². The Hall–Kier alpha value is -1.26. The van der Waals surface area contributed by atoms with Crippen molar-refractivity contribution in [2.45, 2.75) is 24.1 Å². The molecule has 1 atom stereocenters. The molecule has 0 fully saturated rings. The van der Waals surface area contributed by atoms with E-state index in [1.807, 2.05) is 0 Å².